The molecule has 3 amide bonds. The molecule has 1 unspecified atom stereocenters. The Balaban J connectivity index is 1.66. The van der Waals surface area contributed by atoms with Crippen molar-refractivity contribution < 1.29 is 14.4 Å². The van der Waals surface area contributed by atoms with Crippen LogP contribution >= 0.6 is 11.8 Å². The third kappa shape index (κ3) is 5.84. The number of carbonyl (C=O) groups is 3. The van der Waals surface area contributed by atoms with Gasteiger partial charge in [0, 0.05) is 5.69 Å². The zero-order chi connectivity index (χ0) is 21.0. The lowest BCUT2D eigenvalue weighted by molar-refractivity contribution is -0.116. The molecule has 0 aromatic heterocycles. The number of thioether (sulfide) groups is 1. The minimum Gasteiger partial charge on any atom is -0.326 e. The summed E-state index contributed by atoms with van der Waals surface area (Å²) in [4.78, 5) is 35.8. The highest BCUT2D eigenvalue weighted by atomic mass is 32.2. The summed E-state index contributed by atoms with van der Waals surface area (Å²) in [5.41, 5.74) is 3.47. The van der Waals surface area contributed by atoms with Gasteiger partial charge in [0.15, 0.2) is 0 Å². The maximum absolute atomic E-state index is 12.5. The molecule has 2 radical (unpaired) electrons. The van der Waals surface area contributed by atoms with E-state index in [1.54, 1.807) is 6.08 Å². The van der Waals surface area contributed by atoms with Gasteiger partial charge in [-0.3, -0.25) is 19.7 Å². The zero-order valence-electron chi connectivity index (χ0n) is 16.3. The van der Waals surface area contributed by atoms with E-state index in [1.807, 2.05) is 62.4 Å². The lowest BCUT2D eigenvalue weighted by Gasteiger charge is -2.13. The summed E-state index contributed by atoms with van der Waals surface area (Å²) in [5, 5.41) is 4.31. The van der Waals surface area contributed by atoms with Crippen LogP contribution in [0, 0.1) is 6.92 Å². The molecule has 1 aliphatic heterocycles. The third-order valence-corrected chi connectivity index (χ3v) is 5.39. The highest BCUT2D eigenvalue weighted by Crippen LogP contribution is 2.28. The number of rotatable bonds is 5. The van der Waals surface area contributed by atoms with Gasteiger partial charge in [-0.1, -0.05) is 55.5 Å². The Hall–Kier alpha value is -2.80. The van der Waals surface area contributed by atoms with Gasteiger partial charge in [0.2, 0.25) is 5.91 Å². The van der Waals surface area contributed by atoms with Crippen molar-refractivity contribution in [2.24, 2.45) is 0 Å². The van der Waals surface area contributed by atoms with E-state index in [9.17, 15) is 14.4 Å². The first-order valence-corrected chi connectivity index (χ1v) is 10.0. The Bertz CT molecular complexity index is 990. The maximum atomic E-state index is 12.5. The van der Waals surface area contributed by atoms with Crippen molar-refractivity contribution in [3.05, 3.63) is 76.3 Å². The Morgan fingerprint density at radius 2 is 2.10 bits per heavy atom. The van der Waals surface area contributed by atoms with Crippen LogP contribution in [0.1, 0.15) is 24.5 Å². The molecule has 1 heterocycles. The summed E-state index contributed by atoms with van der Waals surface area (Å²) in [6, 6.07) is 5.74. The van der Waals surface area contributed by atoms with Crippen molar-refractivity contribution in [2.45, 2.75) is 32.0 Å². The van der Waals surface area contributed by atoms with E-state index < -0.39 is 5.31 Å². The van der Waals surface area contributed by atoms with E-state index in [-0.39, 0.29) is 23.5 Å². The molecule has 0 bridgehead atoms. The van der Waals surface area contributed by atoms with Crippen molar-refractivity contribution in [3.63, 3.8) is 0 Å². The smallest absolute Gasteiger partial charge is 0.290 e. The van der Waals surface area contributed by atoms with Crippen LogP contribution in [-0.4, -0.2) is 24.9 Å². The quantitative estimate of drug-likeness (QED) is 0.572. The third-order valence-electron chi connectivity index (χ3n) is 4.53. The predicted octanol–water partition coefficient (Wildman–Crippen LogP) is 4.13. The second-order valence-electron chi connectivity index (χ2n) is 7.29. The maximum Gasteiger partial charge on any atom is 0.290 e. The summed E-state index contributed by atoms with van der Waals surface area (Å²) in [5.74, 6) is -0.488. The molecule has 146 valence electrons. The van der Waals surface area contributed by atoms with E-state index >= 15 is 0 Å². The van der Waals surface area contributed by atoms with Gasteiger partial charge in [-0.25, -0.2) is 0 Å². The molecule has 3 rings (SSSR count). The van der Waals surface area contributed by atoms with Crippen molar-refractivity contribution >= 4 is 42.3 Å². The number of benzene rings is 1. The van der Waals surface area contributed by atoms with Gasteiger partial charge >= 0.3 is 0 Å². The molecule has 1 aromatic rings. The van der Waals surface area contributed by atoms with E-state index in [2.05, 4.69) is 10.6 Å². The second kappa shape index (κ2) is 8.70. The molecule has 1 aromatic carbocycles. The summed E-state index contributed by atoms with van der Waals surface area (Å²) in [6.07, 6.45) is 11.8. The number of anilines is 1. The molecule has 29 heavy (non-hydrogen) atoms. The van der Waals surface area contributed by atoms with Gasteiger partial charge in [0.05, 0.1) is 19.2 Å². The van der Waals surface area contributed by atoms with E-state index in [1.165, 1.54) is 0 Å². The Kier molecular flexibility index (Phi) is 6.28. The minimum atomic E-state index is -0.521. The average molecular weight is 404 g/mol. The molecular formula is C22H21BN2O3S. The standard InChI is InChI=1S/C22H21BN2O3S/c1-14-5-6-16(7-8-18-20(27)25-21(28)29-18)12-17(14)24-19(26)13-15-4-3-10-22(2,23)11-9-15/h3-6,8-12H,7,13H2,1-2H3,(H,24,26)(H,25,27,28)/b18-8+. The summed E-state index contributed by atoms with van der Waals surface area (Å²) >= 11 is 0.897. The molecule has 1 fully saturated rings. The number of hydrogen-bond donors (Lipinski definition) is 2. The van der Waals surface area contributed by atoms with Crippen LogP contribution < -0.4 is 10.6 Å². The summed E-state index contributed by atoms with van der Waals surface area (Å²) in [6.45, 7) is 3.81. The fourth-order valence-electron chi connectivity index (χ4n) is 2.88. The van der Waals surface area contributed by atoms with Crippen LogP contribution in [-0.2, 0) is 16.0 Å². The van der Waals surface area contributed by atoms with Crippen LogP contribution in [0.15, 0.2) is 65.1 Å². The fraction of sp³-hybridized carbons (Fsp3) is 0.227. The van der Waals surface area contributed by atoms with E-state index in [0.29, 0.717) is 11.3 Å². The first-order valence-electron chi connectivity index (χ1n) is 9.21. The van der Waals surface area contributed by atoms with Crippen molar-refractivity contribution in [3.8, 4) is 0 Å². The van der Waals surface area contributed by atoms with Crippen LogP contribution in [0.4, 0.5) is 10.5 Å². The van der Waals surface area contributed by atoms with Crippen molar-refractivity contribution in [2.75, 3.05) is 5.32 Å². The number of imide groups is 1. The minimum absolute atomic E-state index is 0.121. The largest absolute Gasteiger partial charge is 0.326 e. The number of aryl methyl sites for hydroxylation is 1. The van der Waals surface area contributed by atoms with Gasteiger partial charge < -0.3 is 5.32 Å². The lowest BCUT2D eigenvalue weighted by atomic mass is 9.70. The normalized spacial score (nSPS) is 22.4. The lowest BCUT2D eigenvalue weighted by Crippen LogP contribution is -2.17. The van der Waals surface area contributed by atoms with Crippen molar-refractivity contribution in [1.29, 1.82) is 0 Å². The Morgan fingerprint density at radius 1 is 1.31 bits per heavy atom. The molecule has 2 N–H and O–H groups in total. The van der Waals surface area contributed by atoms with Crippen LogP contribution in [0.5, 0.6) is 0 Å². The fourth-order valence-corrected chi connectivity index (χ4v) is 3.53. The van der Waals surface area contributed by atoms with Crippen LogP contribution in [0.2, 0.25) is 5.31 Å². The van der Waals surface area contributed by atoms with Crippen LogP contribution in [0.3, 0.4) is 0 Å². The molecule has 7 heteroatoms. The number of amides is 3. The number of carbonyl (C=O) groups excluding carboxylic acids is 3. The van der Waals surface area contributed by atoms with Gasteiger partial charge in [-0.15, -0.1) is 0 Å². The van der Waals surface area contributed by atoms with Gasteiger partial charge in [0.1, 0.15) is 0 Å². The molecule has 1 saturated heterocycles. The highest BCUT2D eigenvalue weighted by Gasteiger charge is 2.24. The Labute approximate surface area is 175 Å². The van der Waals surface area contributed by atoms with Gasteiger partial charge in [-0.05, 0) is 53.2 Å². The molecule has 0 spiro atoms. The molecule has 2 aliphatic rings. The SMILES string of the molecule is [B]C1(C)C=CC=C(CC(=O)Nc2cc(C/C=C3/SC(=O)NC3=O)ccc2C)C=C1. The van der Waals surface area contributed by atoms with Gasteiger partial charge in [-0.2, -0.15) is 0 Å². The average Bonchev–Trinajstić information content (AvgIpc) is 2.86. The second-order valence-corrected chi connectivity index (χ2v) is 8.31. The first kappa shape index (κ1) is 20.9. The molecule has 5 nitrogen and oxygen atoms in total. The highest BCUT2D eigenvalue weighted by molar-refractivity contribution is 8.18. The van der Waals surface area contributed by atoms with E-state index in [0.717, 1.165) is 34.1 Å². The van der Waals surface area contributed by atoms with Crippen LogP contribution in [0.25, 0.3) is 0 Å². The topological polar surface area (TPSA) is 75.3 Å². The first-order chi connectivity index (χ1) is 13.7. The molecule has 1 aliphatic carbocycles. The summed E-state index contributed by atoms with van der Waals surface area (Å²) < 4.78 is 0. The Morgan fingerprint density at radius 3 is 2.83 bits per heavy atom. The van der Waals surface area contributed by atoms with Gasteiger partial charge in [0.25, 0.3) is 11.1 Å². The monoisotopic (exact) mass is 404 g/mol. The predicted molar refractivity (Wildman–Crippen MR) is 118 cm³/mol. The molecule has 1 atom stereocenters. The number of allylic oxidation sites excluding steroid dienone is 6. The number of nitrogens with one attached hydrogen (secondary N) is 2. The number of hydrogen-bond acceptors (Lipinski definition) is 4. The summed E-state index contributed by atoms with van der Waals surface area (Å²) in [7, 11) is 6.06. The van der Waals surface area contributed by atoms with Crippen molar-refractivity contribution in [1.82, 2.24) is 5.32 Å². The zero-order valence-corrected chi connectivity index (χ0v) is 17.1. The molecule has 0 saturated carbocycles. The molecular weight excluding hydrogens is 383 g/mol. The van der Waals surface area contributed by atoms with E-state index in [4.69, 9.17) is 7.85 Å².